The summed E-state index contributed by atoms with van der Waals surface area (Å²) in [5.41, 5.74) is 0.837. The average Bonchev–Trinajstić information content (AvgIpc) is 3.31. The van der Waals surface area contributed by atoms with E-state index in [4.69, 9.17) is 4.99 Å². The van der Waals surface area contributed by atoms with Gasteiger partial charge in [0.1, 0.15) is 18.9 Å². The smallest absolute Gasteiger partial charge is 0.246 e. The number of amides is 1. The van der Waals surface area contributed by atoms with Crippen LogP contribution in [0, 0.1) is 0 Å². The number of nitrogens with one attached hydrogen (secondary N) is 1. The molecule has 0 spiro atoms. The molecule has 28 heavy (non-hydrogen) atoms. The number of piperazine rings is 1. The van der Waals surface area contributed by atoms with E-state index < -0.39 is 0 Å². The van der Waals surface area contributed by atoms with Gasteiger partial charge in [-0.2, -0.15) is 5.10 Å². The molecule has 0 bridgehead atoms. The molecule has 0 radical (unpaired) electrons. The molecule has 0 atom stereocenters. The molecule has 1 fully saturated rings. The Morgan fingerprint density at radius 3 is 2.89 bits per heavy atom. The standard InChI is InChI=1S/C18H27N9O/c1-3-19-18(20-11-16-23-22-15-6-4-5-7-27(15)16)25-8-9-26(17(28)13-25)14-10-21-24(2)12-14/h10,12H,3-9,11,13H2,1-2H3,(H,19,20). The number of guanidine groups is 1. The van der Waals surface area contributed by atoms with Crippen LogP contribution in [0.25, 0.3) is 0 Å². The lowest BCUT2D eigenvalue weighted by molar-refractivity contribution is -0.120. The monoisotopic (exact) mass is 385 g/mol. The van der Waals surface area contributed by atoms with Crippen LogP contribution in [-0.4, -0.2) is 67.5 Å². The van der Waals surface area contributed by atoms with E-state index in [2.05, 4.69) is 25.2 Å². The minimum atomic E-state index is 0.0460. The van der Waals surface area contributed by atoms with Crippen LogP contribution in [-0.2, 0) is 31.4 Å². The Hall–Kier alpha value is -2.91. The Morgan fingerprint density at radius 2 is 2.14 bits per heavy atom. The van der Waals surface area contributed by atoms with Crippen LogP contribution in [0.2, 0.25) is 0 Å². The highest BCUT2D eigenvalue weighted by Crippen LogP contribution is 2.17. The molecule has 2 aromatic heterocycles. The van der Waals surface area contributed by atoms with Gasteiger partial charge in [-0.15, -0.1) is 10.2 Å². The van der Waals surface area contributed by atoms with Crippen LogP contribution in [0.5, 0.6) is 0 Å². The van der Waals surface area contributed by atoms with Crippen LogP contribution in [0.1, 0.15) is 31.4 Å². The molecule has 1 N–H and O–H groups in total. The second-order valence-electron chi connectivity index (χ2n) is 7.15. The molecule has 10 nitrogen and oxygen atoms in total. The van der Waals surface area contributed by atoms with Crippen molar-refractivity contribution >= 4 is 17.6 Å². The van der Waals surface area contributed by atoms with Crippen molar-refractivity contribution in [2.75, 3.05) is 31.1 Å². The van der Waals surface area contributed by atoms with E-state index in [-0.39, 0.29) is 5.91 Å². The zero-order valence-electron chi connectivity index (χ0n) is 16.5. The molecule has 10 heteroatoms. The van der Waals surface area contributed by atoms with E-state index in [0.717, 1.165) is 49.2 Å². The largest absolute Gasteiger partial charge is 0.356 e. The van der Waals surface area contributed by atoms with Crippen molar-refractivity contribution in [2.45, 2.75) is 39.3 Å². The van der Waals surface area contributed by atoms with E-state index in [1.165, 1.54) is 6.42 Å². The predicted octanol–water partition coefficient (Wildman–Crippen LogP) is 0.162. The molecule has 150 valence electrons. The van der Waals surface area contributed by atoms with E-state index in [1.54, 1.807) is 15.8 Å². The fraction of sp³-hybridized carbons (Fsp3) is 0.611. The Bertz CT molecular complexity index is 868. The van der Waals surface area contributed by atoms with Gasteiger partial charge in [-0.05, 0) is 19.8 Å². The summed E-state index contributed by atoms with van der Waals surface area (Å²) in [5, 5.41) is 16.1. The summed E-state index contributed by atoms with van der Waals surface area (Å²) < 4.78 is 3.89. The Kier molecular flexibility index (Phi) is 5.27. The lowest BCUT2D eigenvalue weighted by Gasteiger charge is -2.35. The molecule has 0 aliphatic carbocycles. The van der Waals surface area contributed by atoms with Crippen molar-refractivity contribution in [3.63, 3.8) is 0 Å². The number of hydrogen-bond donors (Lipinski definition) is 1. The zero-order chi connectivity index (χ0) is 19.5. The third kappa shape index (κ3) is 3.71. The highest BCUT2D eigenvalue weighted by Gasteiger charge is 2.27. The number of carbonyl (C=O) groups excluding carboxylic acids is 1. The quantitative estimate of drug-likeness (QED) is 0.595. The Morgan fingerprint density at radius 1 is 1.25 bits per heavy atom. The fourth-order valence-corrected chi connectivity index (χ4v) is 3.73. The van der Waals surface area contributed by atoms with Gasteiger partial charge in [0.05, 0.1) is 11.9 Å². The van der Waals surface area contributed by atoms with Gasteiger partial charge >= 0.3 is 0 Å². The van der Waals surface area contributed by atoms with Crippen molar-refractivity contribution in [1.82, 2.24) is 34.8 Å². The minimum absolute atomic E-state index is 0.0460. The van der Waals surface area contributed by atoms with E-state index in [1.807, 2.05) is 25.1 Å². The first-order valence-corrected chi connectivity index (χ1v) is 9.89. The number of nitrogens with zero attached hydrogens (tertiary/aromatic N) is 8. The summed E-state index contributed by atoms with van der Waals surface area (Å²) in [5.74, 6) is 2.74. The molecule has 2 aliphatic heterocycles. The third-order valence-electron chi connectivity index (χ3n) is 5.16. The molecule has 4 rings (SSSR count). The molecular weight excluding hydrogens is 358 g/mol. The van der Waals surface area contributed by atoms with Crippen LogP contribution >= 0.6 is 0 Å². The molecule has 2 aromatic rings. The van der Waals surface area contributed by atoms with Gasteiger partial charge in [-0.3, -0.25) is 9.48 Å². The molecule has 1 saturated heterocycles. The SMILES string of the molecule is CCNC(=NCc1nnc2n1CCCC2)N1CCN(c2cnn(C)c2)C(=O)C1. The van der Waals surface area contributed by atoms with Gasteiger partial charge in [-0.1, -0.05) is 0 Å². The first-order chi connectivity index (χ1) is 13.7. The number of aromatic nitrogens is 5. The molecule has 2 aliphatic rings. The fourth-order valence-electron chi connectivity index (χ4n) is 3.73. The first kappa shape index (κ1) is 18.5. The lowest BCUT2D eigenvalue weighted by atomic mass is 10.2. The highest BCUT2D eigenvalue weighted by atomic mass is 16.2. The zero-order valence-corrected chi connectivity index (χ0v) is 16.5. The van der Waals surface area contributed by atoms with Crippen molar-refractivity contribution in [2.24, 2.45) is 12.0 Å². The normalized spacial score (nSPS) is 17.8. The maximum atomic E-state index is 12.7. The first-order valence-electron chi connectivity index (χ1n) is 9.89. The van der Waals surface area contributed by atoms with Crippen molar-refractivity contribution in [3.8, 4) is 0 Å². The molecule has 0 aromatic carbocycles. The van der Waals surface area contributed by atoms with Gasteiger partial charge in [0.25, 0.3) is 0 Å². The number of fused-ring (bicyclic) bond motifs is 1. The van der Waals surface area contributed by atoms with Crippen molar-refractivity contribution < 1.29 is 4.79 Å². The summed E-state index contributed by atoms with van der Waals surface area (Å²) >= 11 is 0. The van der Waals surface area contributed by atoms with E-state index >= 15 is 0 Å². The molecular formula is C18H27N9O. The van der Waals surface area contributed by atoms with Gasteiger partial charge in [0.2, 0.25) is 5.91 Å². The van der Waals surface area contributed by atoms with Crippen LogP contribution in [0.15, 0.2) is 17.4 Å². The average molecular weight is 385 g/mol. The van der Waals surface area contributed by atoms with E-state index in [9.17, 15) is 4.79 Å². The number of rotatable bonds is 4. The third-order valence-corrected chi connectivity index (χ3v) is 5.16. The predicted molar refractivity (Wildman–Crippen MR) is 105 cm³/mol. The Labute approximate surface area is 164 Å². The number of hydrogen-bond acceptors (Lipinski definition) is 5. The number of aryl methyl sites for hydroxylation is 2. The summed E-state index contributed by atoms with van der Waals surface area (Å²) in [7, 11) is 1.85. The van der Waals surface area contributed by atoms with Gasteiger partial charge in [0, 0.05) is 45.8 Å². The number of anilines is 1. The van der Waals surface area contributed by atoms with Crippen molar-refractivity contribution in [1.29, 1.82) is 0 Å². The second-order valence-corrected chi connectivity index (χ2v) is 7.15. The molecule has 1 amide bonds. The van der Waals surface area contributed by atoms with Crippen LogP contribution < -0.4 is 10.2 Å². The minimum Gasteiger partial charge on any atom is -0.356 e. The summed E-state index contributed by atoms with van der Waals surface area (Å²) in [4.78, 5) is 21.2. The Balaban J connectivity index is 1.45. The summed E-state index contributed by atoms with van der Waals surface area (Å²) in [6, 6.07) is 0. The number of carbonyl (C=O) groups is 1. The van der Waals surface area contributed by atoms with Gasteiger partial charge in [0.15, 0.2) is 11.8 Å². The van der Waals surface area contributed by atoms with E-state index in [0.29, 0.717) is 26.2 Å². The van der Waals surface area contributed by atoms with Gasteiger partial charge in [-0.25, -0.2) is 4.99 Å². The van der Waals surface area contributed by atoms with Crippen LogP contribution in [0.3, 0.4) is 0 Å². The van der Waals surface area contributed by atoms with Crippen LogP contribution in [0.4, 0.5) is 5.69 Å². The van der Waals surface area contributed by atoms with Gasteiger partial charge < -0.3 is 19.7 Å². The lowest BCUT2D eigenvalue weighted by Crippen LogP contribution is -2.55. The molecule has 0 saturated carbocycles. The molecule has 4 heterocycles. The van der Waals surface area contributed by atoms with Crippen molar-refractivity contribution in [3.05, 3.63) is 24.0 Å². The molecule has 0 unspecified atom stereocenters. The maximum Gasteiger partial charge on any atom is 0.246 e. The summed E-state index contributed by atoms with van der Waals surface area (Å²) in [6.07, 6.45) is 6.91. The topological polar surface area (TPSA) is 96.5 Å². The highest BCUT2D eigenvalue weighted by molar-refractivity contribution is 5.98. The summed E-state index contributed by atoms with van der Waals surface area (Å²) in [6.45, 7) is 5.81. The second kappa shape index (κ2) is 7.99. The maximum absolute atomic E-state index is 12.7. The number of aliphatic imine (C=N–C) groups is 1.